The van der Waals surface area contributed by atoms with E-state index in [1.54, 1.807) is 0 Å². The van der Waals surface area contributed by atoms with Crippen molar-refractivity contribution < 1.29 is 28.6 Å². The highest BCUT2D eigenvalue weighted by atomic mass is 16.6. The zero-order chi connectivity index (χ0) is 55.7. The van der Waals surface area contributed by atoms with Crippen LogP contribution in [0.15, 0.2) is 85.1 Å². The van der Waals surface area contributed by atoms with E-state index in [-0.39, 0.29) is 31.1 Å². The Labute approximate surface area is 477 Å². The molecule has 0 aliphatic carbocycles. The van der Waals surface area contributed by atoms with Gasteiger partial charge in [0.15, 0.2) is 6.10 Å². The monoisotopic (exact) mass is 1070 g/mol. The van der Waals surface area contributed by atoms with Crippen LogP contribution >= 0.6 is 0 Å². The second-order valence-corrected chi connectivity index (χ2v) is 22.0. The predicted molar refractivity (Wildman–Crippen MR) is 334 cm³/mol. The molecule has 0 aromatic heterocycles. The molecule has 6 heteroatoms. The van der Waals surface area contributed by atoms with Gasteiger partial charge in [0.2, 0.25) is 0 Å². The highest BCUT2D eigenvalue weighted by molar-refractivity contribution is 5.71. The molecule has 0 aliphatic heterocycles. The molecule has 0 saturated carbocycles. The molecule has 0 saturated heterocycles. The van der Waals surface area contributed by atoms with Crippen molar-refractivity contribution in [3.05, 3.63) is 85.1 Å². The van der Waals surface area contributed by atoms with Gasteiger partial charge in [-0.25, -0.2) is 0 Å². The van der Waals surface area contributed by atoms with Crippen molar-refractivity contribution in [2.45, 2.75) is 335 Å². The summed E-state index contributed by atoms with van der Waals surface area (Å²) in [5.74, 6) is -0.871. The van der Waals surface area contributed by atoms with E-state index in [1.807, 2.05) is 0 Å². The minimum Gasteiger partial charge on any atom is -0.462 e. The highest BCUT2D eigenvalue weighted by Crippen LogP contribution is 2.17. The molecular weight excluding hydrogens is 949 g/mol. The Kier molecular flexibility index (Phi) is 62.2. The summed E-state index contributed by atoms with van der Waals surface area (Å²) in [4.78, 5) is 38.3. The Bertz CT molecular complexity index is 1470. The summed E-state index contributed by atoms with van der Waals surface area (Å²) in [6.07, 6.45) is 86.0. The van der Waals surface area contributed by atoms with E-state index in [0.717, 1.165) is 103 Å². The predicted octanol–water partition coefficient (Wildman–Crippen LogP) is 22.7. The third kappa shape index (κ3) is 63.3. The van der Waals surface area contributed by atoms with Crippen molar-refractivity contribution in [3.8, 4) is 0 Å². The van der Waals surface area contributed by atoms with Gasteiger partial charge in [0.1, 0.15) is 13.2 Å². The molecule has 0 rings (SSSR count). The van der Waals surface area contributed by atoms with Crippen molar-refractivity contribution in [1.29, 1.82) is 0 Å². The van der Waals surface area contributed by atoms with Crippen LogP contribution in [0.25, 0.3) is 0 Å². The van der Waals surface area contributed by atoms with E-state index >= 15 is 0 Å². The first-order chi connectivity index (χ1) is 38.0. The van der Waals surface area contributed by atoms with Gasteiger partial charge in [0, 0.05) is 19.3 Å². The Hall–Kier alpha value is -3.41. The molecule has 0 fully saturated rings. The number of carbonyl (C=O) groups is 3. The van der Waals surface area contributed by atoms with Gasteiger partial charge in [-0.1, -0.05) is 298 Å². The third-order valence-electron chi connectivity index (χ3n) is 14.4. The summed E-state index contributed by atoms with van der Waals surface area (Å²) < 4.78 is 16.9. The van der Waals surface area contributed by atoms with Crippen LogP contribution in [0.1, 0.15) is 329 Å². The van der Waals surface area contributed by atoms with Crippen molar-refractivity contribution in [3.63, 3.8) is 0 Å². The zero-order valence-corrected chi connectivity index (χ0v) is 51.0. The average Bonchev–Trinajstić information content (AvgIpc) is 3.43. The number of rotatable bonds is 60. The molecule has 6 nitrogen and oxygen atoms in total. The summed E-state index contributed by atoms with van der Waals surface area (Å²) in [6.45, 7) is 6.54. The molecule has 0 aromatic rings. The molecule has 77 heavy (non-hydrogen) atoms. The molecule has 0 radical (unpaired) electrons. The number of allylic oxidation sites excluding steroid dienone is 14. The molecule has 1 unspecified atom stereocenters. The fourth-order valence-corrected chi connectivity index (χ4v) is 9.44. The van der Waals surface area contributed by atoms with Gasteiger partial charge in [-0.2, -0.15) is 0 Å². The van der Waals surface area contributed by atoms with E-state index in [2.05, 4.69) is 106 Å². The number of hydrogen-bond donors (Lipinski definition) is 0. The van der Waals surface area contributed by atoms with E-state index < -0.39 is 6.10 Å². The molecule has 0 heterocycles. The topological polar surface area (TPSA) is 78.9 Å². The van der Waals surface area contributed by atoms with Crippen LogP contribution in [-0.4, -0.2) is 37.2 Å². The second-order valence-electron chi connectivity index (χ2n) is 22.0. The summed E-state index contributed by atoms with van der Waals surface area (Å²) in [6, 6.07) is 0. The maximum absolute atomic E-state index is 12.9. The van der Waals surface area contributed by atoms with Crippen LogP contribution < -0.4 is 0 Å². The van der Waals surface area contributed by atoms with Crippen LogP contribution in [0.2, 0.25) is 0 Å². The first-order valence-electron chi connectivity index (χ1n) is 33.1. The molecular formula is C71H124O6. The van der Waals surface area contributed by atoms with Gasteiger partial charge < -0.3 is 14.2 Å². The number of ether oxygens (including phenoxy) is 3. The summed E-state index contributed by atoms with van der Waals surface area (Å²) in [5.41, 5.74) is 0. The molecule has 0 spiro atoms. The van der Waals surface area contributed by atoms with Crippen LogP contribution in [-0.2, 0) is 28.6 Å². The summed E-state index contributed by atoms with van der Waals surface area (Å²) in [7, 11) is 0. The zero-order valence-electron chi connectivity index (χ0n) is 51.0. The lowest BCUT2D eigenvalue weighted by molar-refractivity contribution is -0.167. The smallest absolute Gasteiger partial charge is 0.306 e. The fourth-order valence-electron chi connectivity index (χ4n) is 9.44. The third-order valence-corrected chi connectivity index (χ3v) is 14.4. The highest BCUT2D eigenvalue weighted by Gasteiger charge is 2.19. The number of unbranched alkanes of at least 4 members (excludes halogenated alkanes) is 35. The van der Waals surface area contributed by atoms with E-state index in [0.29, 0.717) is 19.3 Å². The minimum absolute atomic E-state index is 0.0760. The number of carbonyl (C=O) groups excluding carboxylic acids is 3. The normalized spacial score (nSPS) is 12.6. The van der Waals surface area contributed by atoms with Crippen molar-refractivity contribution in [1.82, 2.24) is 0 Å². The van der Waals surface area contributed by atoms with Crippen molar-refractivity contribution in [2.24, 2.45) is 0 Å². The Morgan fingerprint density at radius 3 is 0.818 bits per heavy atom. The van der Waals surface area contributed by atoms with Gasteiger partial charge in [0.25, 0.3) is 0 Å². The van der Waals surface area contributed by atoms with Crippen LogP contribution in [0, 0.1) is 0 Å². The maximum Gasteiger partial charge on any atom is 0.306 e. The Morgan fingerprint density at radius 2 is 0.506 bits per heavy atom. The molecule has 0 aromatic carbocycles. The number of hydrogen-bond acceptors (Lipinski definition) is 6. The quantitative estimate of drug-likeness (QED) is 0.0261. The Morgan fingerprint density at radius 1 is 0.273 bits per heavy atom. The molecule has 0 N–H and O–H groups in total. The van der Waals surface area contributed by atoms with Gasteiger partial charge in [-0.15, -0.1) is 0 Å². The molecule has 444 valence electrons. The minimum atomic E-state index is -0.778. The molecule has 1 atom stereocenters. The van der Waals surface area contributed by atoms with Gasteiger partial charge in [-0.05, 0) is 96.3 Å². The van der Waals surface area contributed by atoms with E-state index in [4.69, 9.17) is 14.2 Å². The summed E-state index contributed by atoms with van der Waals surface area (Å²) in [5, 5.41) is 0. The SMILES string of the molecule is CC/C=C\C/C=C\C/C=C\C/C=C\C/C=C\C/C=C\CCCCCCCCCCCCCCC(=O)OCC(COC(=O)CCCCCCC/C=C\CCCCCC)OC(=O)CCCCCCCCCCCCCCCCC. The summed E-state index contributed by atoms with van der Waals surface area (Å²) >= 11 is 0. The number of esters is 3. The van der Waals surface area contributed by atoms with Crippen molar-refractivity contribution >= 4 is 17.9 Å². The largest absolute Gasteiger partial charge is 0.462 e. The lowest BCUT2D eigenvalue weighted by Gasteiger charge is -2.18. The van der Waals surface area contributed by atoms with Gasteiger partial charge in [-0.3, -0.25) is 14.4 Å². The van der Waals surface area contributed by atoms with Crippen molar-refractivity contribution in [2.75, 3.05) is 13.2 Å². The standard InChI is InChI=1S/C71H124O6/c1-4-7-10-13-16-19-22-25-27-28-29-30-31-32-33-34-35-36-37-38-39-40-41-42-44-46-49-52-55-58-61-64-70(73)76-67-68(66-75-69(72)63-60-57-54-51-48-45-24-21-18-15-12-9-6-3)77-71(74)65-62-59-56-53-50-47-43-26-23-20-17-14-11-8-5-2/h7,10,16,19,21,24-25,27,29-30,32-33,35-36,68H,4-6,8-9,11-15,17-18,20,22-23,26,28,31,34,37-67H2,1-3H3/b10-7-,19-16-,24-21-,27-25-,30-29-,33-32-,36-35-. The van der Waals surface area contributed by atoms with E-state index in [1.165, 1.54) is 186 Å². The van der Waals surface area contributed by atoms with Gasteiger partial charge >= 0.3 is 17.9 Å². The Balaban J connectivity index is 4.21. The van der Waals surface area contributed by atoms with E-state index in [9.17, 15) is 14.4 Å². The van der Waals surface area contributed by atoms with Crippen LogP contribution in [0.3, 0.4) is 0 Å². The van der Waals surface area contributed by atoms with Crippen LogP contribution in [0.5, 0.6) is 0 Å². The average molecular weight is 1070 g/mol. The maximum atomic E-state index is 12.9. The molecule has 0 amide bonds. The molecule has 0 bridgehead atoms. The first kappa shape index (κ1) is 73.6. The lowest BCUT2D eigenvalue weighted by atomic mass is 10.0. The van der Waals surface area contributed by atoms with Crippen LogP contribution in [0.4, 0.5) is 0 Å². The molecule has 0 aliphatic rings. The first-order valence-corrected chi connectivity index (χ1v) is 33.1. The van der Waals surface area contributed by atoms with Gasteiger partial charge in [0.05, 0.1) is 0 Å². The fraction of sp³-hybridized carbons (Fsp3) is 0.761. The second kappa shape index (κ2) is 65.1. The lowest BCUT2D eigenvalue weighted by Crippen LogP contribution is -2.30.